The molecule has 18 heavy (non-hydrogen) atoms. The summed E-state index contributed by atoms with van der Waals surface area (Å²) in [7, 11) is 0. The predicted molar refractivity (Wildman–Crippen MR) is 69.6 cm³/mol. The SMILES string of the molecule is CCOC(=O)/C=C1/NC(C(=O)OCC)=C(C)CS1. The first-order valence-corrected chi connectivity index (χ1v) is 6.72. The lowest BCUT2D eigenvalue weighted by atomic mass is 10.2. The van der Waals surface area contributed by atoms with E-state index in [2.05, 4.69) is 5.32 Å². The summed E-state index contributed by atoms with van der Waals surface area (Å²) >= 11 is 1.45. The smallest absolute Gasteiger partial charge is 0.354 e. The van der Waals surface area contributed by atoms with Crippen molar-refractivity contribution in [2.75, 3.05) is 19.0 Å². The van der Waals surface area contributed by atoms with Gasteiger partial charge in [0, 0.05) is 5.75 Å². The van der Waals surface area contributed by atoms with E-state index in [0.29, 0.717) is 29.7 Å². The molecular weight excluding hydrogens is 254 g/mol. The number of ether oxygens (including phenoxy) is 2. The Balaban J connectivity index is 2.76. The van der Waals surface area contributed by atoms with Gasteiger partial charge in [-0.05, 0) is 26.3 Å². The van der Waals surface area contributed by atoms with Crippen LogP contribution in [-0.2, 0) is 19.1 Å². The van der Waals surface area contributed by atoms with Crippen LogP contribution in [0.3, 0.4) is 0 Å². The Bertz CT molecular complexity index is 401. The van der Waals surface area contributed by atoms with Gasteiger partial charge in [0.05, 0.1) is 24.3 Å². The molecule has 0 bridgehead atoms. The van der Waals surface area contributed by atoms with Crippen LogP contribution in [0.1, 0.15) is 20.8 Å². The van der Waals surface area contributed by atoms with Crippen molar-refractivity contribution >= 4 is 23.7 Å². The highest BCUT2D eigenvalue weighted by Crippen LogP contribution is 2.25. The summed E-state index contributed by atoms with van der Waals surface area (Å²) in [6.07, 6.45) is 1.35. The van der Waals surface area contributed by atoms with Crippen molar-refractivity contribution in [3.05, 3.63) is 22.4 Å². The summed E-state index contributed by atoms with van der Waals surface area (Å²) < 4.78 is 9.75. The van der Waals surface area contributed by atoms with Crippen molar-refractivity contribution in [2.24, 2.45) is 0 Å². The van der Waals surface area contributed by atoms with Crippen molar-refractivity contribution in [1.29, 1.82) is 0 Å². The molecule has 0 aromatic carbocycles. The van der Waals surface area contributed by atoms with Crippen molar-refractivity contribution in [3.63, 3.8) is 0 Å². The van der Waals surface area contributed by atoms with Crippen LogP contribution in [0.25, 0.3) is 0 Å². The minimum absolute atomic E-state index is 0.321. The number of esters is 2. The largest absolute Gasteiger partial charge is 0.463 e. The van der Waals surface area contributed by atoms with Crippen molar-refractivity contribution in [3.8, 4) is 0 Å². The molecular formula is C12H17NO4S. The van der Waals surface area contributed by atoms with Crippen LogP contribution in [-0.4, -0.2) is 30.9 Å². The van der Waals surface area contributed by atoms with Crippen LogP contribution in [0.4, 0.5) is 0 Å². The fourth-order valence-electron chi connectivity index (χ4n) is 1.32. The van der Waals surface area contributed by atoms with Crippen LogP contribution in [0.5, 0.6) is 0 Å². The standard InChI is InChI=1S/C12H17NO4S/c1-4-16-10(14)6-9-13-11(8(3)7-18-9)12(15)17-5-2/h6,13H,4-5,7H2,1-3H3/b9-6-. The average Bonchev–Trinajstić information content (AvgIpc) is 2.32. The number of thioether (sulfide) groups is 1. The maximum Gasteiger partial charge on any atom is 0.354 e. The molecule has 0 spiro atoms. The molecule has 0 amide bonds. The van der Waals surface area contributed by atoms with Gasteiger partial charge in [-0.1, -0.05) is 0 Å². The summed E-state index contributed by atoms with van der Waals surface area (Å²) in [5, 5.41) is 3.50. The van der Waals surface area contributed by atoms with Gasteiger partial charge < -0.3 is 14.8 Å². The van der Waals surface area contributed by atoms with Gasteiger partial charge >= 0.3 is 11.9 Å². The van der Waals surface area contributed by atoms with E-state index in [0.717, 1.165) is 5.57 Å². The van der Waals surface area contributed by atoms with Crippen LogP contribution in [0.2, 0.25) is 0 Å². The molecule has 6 heteroatoms. The number of hydrogen-bond donors (Lipinski definition) is 1. The first kappa shape index (κ1) is 14.6. The molecule has 1 heterocycles. The zero-order chi connectivity index (χ0) is 13.5. The molecule has 0 saturated carbocycles. The second kappa shape index (κ2) is 7.10. The van der Waals surface area contributed by atoms with E-state index >= 15 is 0 Å². The summed E-state index contributed by atoms with van der Waals surface area (Å²) in [5.74, 6) is -0.174. The van der Waals surface area contributed by atoms with Gasteiger partial charge in [-0.2, -0.15) is 0 Å². The van der Waals surface area contributed by atoms with Gasteiger partial charge in [-0.3, -0.25) is 0 Å². The Labute approximate surface area is 111 Å². The number of carbonyl (C=O) groups is 2. The summed E-state index contributed by atoms with van der Waals surface area (Å²) in [6, 6.07) is 0. The molecule has 1 aliphatic heterocycles. The van der Waals surface area contributed by atoms with Gasteiger partial charge in [0.2, 0.25) is 0 Å². The van der Waals surface area contributed by atoms with E-state index < -0.39 is 11.9 Å². The van der Waals surface area contributed by atoms with Crippen LogP contribution >= 0.6 is 11.8 Å². The Kier molecular flexibility index (Phi) is 5.77. The Morgan fingerprint density at radius 2 is 2.00 bits per heavy atom. The van der Waals surface area contributed by atoms with Crippen molar-refractivity contribution < 1.29 is 19.1 Å². The van der Waals surface area contributed by atoms with Gasteiger partial charge in [-0.25, -0.2) is 9.59 Å². The van der Waals surface area contributed by atoms with E-state index in [9.17, 15) is 9.59 Å². The maximum absolute atomic E-state index is 11.7. The normalized spacial score (nSPS) is 17.4. The first-order chi connectivity index (χ1) is 8.58. The number of hydrogen-bond acceptors (Lipinski definition) is 6. The molecule has 1 N–H and O–H groups in total. The molecule has 0 radical (unpaired) electrons. The van der Waals surface area contributed by atoms with Crippen LogP contribution in [0.15, 0.2) is 22.4 Å². The second-order valence-electron chi connectivity index (χ2n) is 3.55. The highest BCUT2D eigenvalue weighted by Gasteiger charge is 2.21. The molecule has 0 saturated heterocycles. The van der Waals surface area contributed by atoms with Crippen molar-refractivity contribution in [2.45, 2.75) is 20.8 Å². The predicted octanol–water partition coefficient (Wildman–Crippen LogP) is 1.56. The molecule has 100 valence electrons. The lowest BCUT2D eigenvalue weighted by Crippen LogP contribution is -2.27. The third kappa shape index (κ3) is 4.10. The fraction of sp³-hybridized carbons (Fsp3) is 0.500. The molecule has 0 unspecified atom stereocenters. The maximum atomic E-state index is 11.7. The van der Waals surface area contributed by atoms with E-state index in [1.165, 1.54) is 17.8 Å². The summed E-state index contributed by atoms with van der Waals surface area (Å²) in [6.45, 7) is 5.99. The molecule has 1 rings (SSSR count). The Morgan fingerprint density at radius 3 is 2.61 bits per heavy atom. The molecule has 0 fully saturated rings. The monoisotopic (exact) mass is 271 g/mol. The van der Waals surface area contributed by atoms with Crippen LogP contribution in [0, 0.1) is 0 Å². The number of nitrogens with one attached hydrogen (secondary N) is 1. The van der Waals surface area contributed by atoms with E-state index in [-0.39, 0.29) is 0 Å². The summed E-state index contributed by atoms with van der Waals surface area (Å²) in [5.41, 5.74) is 1.31. The second-order valence-corrected chi connectivity index (χ2v) is 4.57. The summed E-state index contributed by atoms with van der Waals surface area (Å²) in [4.78, 5) is 23.0. The Hall–Kier alpha value is -1.43. The fourth-order valence-corrected chi connectivity index (χ4v) is 2.19. The zero-order valence-corrected chi connectivity index (χ0v) is 11.6. The number of carbonyl (C=O) groups excluding carboxylic acids is 2. The molecule has 5 nitrogen and oxygen atoms in total. The first-order valence-electron chi connectivity index (χ1n) is 5.73. The van der Waals surface area contributed by atoms with Gasteiger partial charge in [-0.15, -0.1) is 11.8 Å². The van der Waals surface area contributed by atoms with E-state index in [4.69, 9.17) is 9.47 Å². The topological polar surface area (TPSA) is 64.6 Å². The Morgan fingerprint density at radius 1 is 1.33 bits per heavy atom. The molecule has 0 aliphatic carbocycles. The number of rotatable bonds is 4. The minimum atomic E-state index is -0.421. The quantitative estimate of drug-likeness (QED) is 0.618. The molecule has 0 atom stereocenters. The van der Waals surface area contributed by atoms with E-state index in [1.807, 2.05) is 6.92 Å². The molecule has 0 aromatic heterocycles. The highest BCUT2D eigenvalue weighted by molar-refractivity contribution is 8.03. The highest BCUT2D eigenvalue weighted by atomic mass is 32.2. The lowest BCUT2D eigenvalue weighted by Gasteiger charge is -2.20. The van der Waals surface area contributed by atoms with Crippen LogP contribution < -0.4 is 5.32 Å². The lowest BCUT2D eigenvalue weighted by molar-refractivity contribution is -0.139. The van der Waals surface area contributed by atoms with Gasteiger partial charge in [0.15, 0.2) is 0 Å². The molecule has 0 aromatic rings. The average molecular weight is 271 g/mol. The zero-order valence-electron chi connectivity index (χ0n) is 10.7. The van der Waals surface area contributed by atoms with Gasteiger partial charge in [0.1, 0.15) is 5.70 Å². The van der Waals surface area contributed by atoms with Crippen molar-refractivity contribution in [1.82, 2.24) is 5.32 Å². The third-order valence-corrected chi connectivity index (χ3v) is 3.24. The van der Waals surface area contributed by atoms with E-state index in [1.54, 1.807) is 13.8 Å². The molecule has 1 aliphatic rings. The minimum Gasteiger partial charge on any atom is -0.463 e. The third-order valence-electron chi connectivity index (χ3n) is 2.13. The van der Waals surface area contributed by atoms with Gasteiger partial charge in [0.25, 0.3) is 0 Å².